The van der Waals surface area contributed by atoms with Crippen molar-refractivity contribution in [3.63, 3.8) is 0 Å². The highest BCUT2D eigenvalue weighted by Gasteiger charge is 2.06. The third-order valence-electron chi connectivity index (χ3n) is 1.30. The molecule has 0 unspecified atom stereocenters. The van der Waals surface area contributed by atoms with Gasteiger partial charge in [-0.05, 0) is 12.2 Å². The van der Waals surface area contributed by atoms with E-state index in [4.69, 9.17) is 4.42 Å². The van der Waals surface area contributed by atoms with Crippen LogP contribution < -0.4 is 0 Å². The van der Waals surface area contributed by atoms with Gasteiger partial charge in [-0.15, -0.1) is 0 Å². The maximum absolute atomic E-state index is 10.7. The third kappa shape index (κ3) is 1.65. The smallest absolute Gasteiger partial charge is 0.290 e. The first-order valence-corrected chi connectivity index (χ1v) is 3.11. The molecule has 1 rings (SSSR count). The SMILES string of the molecule is C[O+]=C1C=CC(=O)C=CC1. The lowest BCUT2D eigenvalue weighted by atomic mass is 10.3. The van der Waals surface area contributed by atoms with Crippen LogP contribution in [0, 0.1) is 0 Å². The standard InChI is InChI=1S/C8H9O2/c1-10-8-4-2-3-7(9)5-6-8/h2-3,5-6H,4H2,1H3/q+1. The van der Waals surface area contributed by atoms with Crippen molar-refractivity contribution in [2.24, 2.45) is 0 Å². The predicted molar refractivity (Wildman–Crippen MR) is 38.8 cm³/mol. The molecule has 0 saturated carbocycles. The molecule has 2 heteroatoms. The van der Waals surface area contributed by atoms with E-state index in [-0.39, 0.29) is 5.78 Å². The summed E-state index contributed by atoms with van der Waals surface area (Å²) in [6.45, 7) is 0. The van der Waals surface area contributed by atoms with E-state index in [1.165, 1.54) is 6.08 Å². The molecule has 0 radical (unpaired) electrons. The van der Waals surface area contributed by atoms with E-state index in [0.717, 1.165) is 5.78 Å². The minimum atomic E-state index is 0.0204. The van der Waals surface area contributed by atoms with Gasteiger partial charge in [-0.1, -0.05) is 6.08 Å². The third-order valence-corrected chi connectivity index (χ3v) is 1.30. The zero-order chi connectivity index (χ0) is 7.40. The maximum atomic E-state index is 10.7. The van der Waals surface area contributed by atoms with Crippen LogP contribution in [0.5, 0.6) is 0 Å². The first-order chi connectivity index (χ1) is 4.83. The van der Waals surface area contributed by atoms with E-state index >= 15 is 0 Å². The second-order valence-corrected chi connectivity index (χ2v) is 2.01. The zero-order valence-electron chi connectivity index (χ0n) is 5.83. The van der Waals surface area contributed by atoms with Crippen molar-refractivity contribution in [1.82, 2.24) is 0 Å². The summed E-state index contributed by atoms with van der Waals surface area (Å²) in [5.74, 6) is 0.842. The fourth-order valence-electron chi connectivity index (χ4n) is 0.741. The van der Waals surface area contributed by atoms with E-state index in [0.29, 0.717) is 6.42 Å². The topological polar surface area (TPSA) is 28.4 Å². The van der Waals surface area contributed by atoms with E-state index in [2.05, 4.69) is 0 Å². The van der Waals surface area contributed by atoms with Crippen molar-refractivity contribution >= 4 is 11.6 Å². The van der Waals surface area contributed by atoms with Gasteiger partial charge < -0.3 is 0 Å². The Hall–Kier alpha value is -1.18. The van der Waals surface area contributed by atoms with Crippen molar-refractivity contribution in [2.75, 3.05) is 7.11 Å². The molecule has 2 nitrogen and oxygen atoms in total. The summed E-state index contributed by atoms with van der Waals surface area (Å²) < 4.78 is 4.95. The molecule has 0 bridgehead atoms. The Morgan fingerprint density at radius 2 is 2.20 bits per heavy atom. The largest absolute Gasteiger partial charge is 0.322 e. The highest BCUT2D eigenvalue weighted by molar-refractivity contribution is 6.06. The van der Waals surface area contributed by atoms with Crippen molar-refractivity contribution in [1.29, 1.82) is 0 Å². The first kappa shape index (κ1) is 6.93. The van der Waals surface area contributed by atoms with Crippen LogP contribution >= 0.6 is 0 Å². The summed E-state index contributed by atoms with van der Waals surface area (Å²) in [5, 5.41) is 0. The van der Waals surface area contributed by atoms with E-state index in [1.807, 2.05) is 0 Å². The number of rotatable bonds is 0. The molecule has 0 heterocycles. The highest BCUT2D eigenvalue weighted by Crippen LogP contribution is 1.95. The number of ketones is 2. The van der Waals surface area contributed by atoms with Crippen LogP contribution in [0.25, 0.3) is 0 Å². The lowest BCUT2D eigenvalue weighted by Gasteiger charge is -1.75. The van der Waals surface area contributed by atoms with Gasteiger partial charge in [0, 0.05) is 6.08 Å². The summed E-state index contributed by atoms with van der Waals surface area (Å²) in [6, 6.07) is 0. The van der Waals surface area contributed by atoms with Crippen LogP contribution in [0.4, 0.5) is 0 Å². The van der Waals surface area contributed by atoms with E-state index in [1.54, 1.807) is 25.3 Å². The molecule has 1 aliphatic rings. The Balaban J connectivity index is 2.82. The van der Waals surface area contributed by atoms with E-state index in [9.17, 15) is 4.79 Å². The summed E-state index contributed by atoms with van der Waals surface area (Å²) >= 11 is 0. The number of allylic oxidation sites excluding steroid dienone is 4. The number of hydrogen-bond acceptors (Lipinski definition) is 1. The minimum Gasteiger partial charge on any atom is -0.290 e. The predicted octanol–water partition coefficient (Wildman–Crippen LogP) is 0.806. The van der Waals surface area contributed by atoms with Crippen molar-refractivity contribution in [3.05, 3.63) is 24.3 Å². The summed E-state index contributed by atoms with van der Waals surface area (Å²) in [5.41, 5.74) is 0. The van der Waals surface area contributed by atoms with Gasteiger partial charge in [-0.3, -0.25) is 9.22 Å². The van der Waals surface area contributed by atoms with Crippen molar-refractivity contribution < 1.29 is 9.22 Å². The van der Waals surface area contributed by atoms with Crippen LogP contribution in [0.2, 0.25) is 0 Å². The van der Waals surface area contributed by atoms with Gasteiger partial charge in [0.15, 0.2) is 5.78 Å². The van der Waals surface area contributed by atoms with E-state index < -0.39 is 0 Å². The fraction of sp³-hybridized carbons (Fsp3) is 0.250. The van der Waals surface area contributed by atoms with Crippen LogP contribution in [0.1, 0.15) is 6.42 Å². The molecule has 1 aliphatic carbocycles. The maximum Gasteiger partial charge on any atom is 0.322 e. The second kappa shape index (κ2) is 3.11. The molecule has 0 aromatic heterocycles. The summed E-state index contributed by atoms with van der Waals surface area (Å²) in [7, 11) is 1.60. The van der Waals surface area contributed by atoms with Gasteiger partial charge in [0.25, 0.3) is 7.11 Å². The molecular formula is C8H9O2+. The van der Waals surface area contributed by atoms with Crippen molar-refractivity contribution in [2.45, 2.75) is 6.42 Å². The highest BCUT2D eigenvalue weighted by atomic mass is 16.4. The second-order valence-electron chi connectivity index (χ2n) is 2.01. The zero-order valence-corrected chi connectivity index (χ0v) is 5.83. The Bertz CT molecular complexity index is 221. The minimum absolute atomic E-state index is 0.0204. The molecule has 0 saturated heterocycles. The molecule has 0 spiro atoms. The molecule has 0 N–H and O–H groups in total. The monoisotopic (exact) mass is 137 g/mol. The van der Waals surface area contributed by atoms with Crippen LogP contribution in [0.3, 0.4) is 0 Å². The van der Waals surface area contributed by atoms with Gasteiger partial charge in [0.05, 0.1) is 6.42 Å². The molecule has 52 valence electrons. The molecule has 10 heavy (non-hydrogen) atoms. The van der Waals surface area contributed by atoms with Crippen LogP contribution in [-0.4, -0.2) is 18.7 Å². The Morgan fingerprint density at radius 1 is 1.40 bits per heavy atom. The molecule has 0 aromatic carbocycles. The van der Waals surface area contributed by atoms with Crippen LogP contribution in [0.15, 0.2) is 24.3 Å². The quantitative estimate of drug-likeness (QED) is 0.454. The molecule has 0 atom stereocenters. The Morgan fingerprint density at radius 3 is 2.90 bits per heavy atom. The fourth-order valence-corrected chi connectivity index (χ4v) is 0.741. The molecule has 0 fully saturated rings. The molecule has 0 aromatic rings. The lowest BCUT2D eigenvalue weighted by Crippen LogP contribution is -1.92. The van der Waals surface area contributed by atoms with Crippen LogP contribution in [-0.2, 0) is 9.22 Å². The van der Waals surface area contributed by atoms with Gasteiger partial charge >= 0.3 is 5.78 Å². The van der Waals surface area contributed by atoms with Gasteiger partial charge in [0.2, 0.25) is 0 Å². The van der Waals surface area contributed by atoms with Gasteiger partial charge in [-0.25, -0.2) is 0 Å². The number of carbonyl (C=O) groups excluding carboxylic acids is 2. The normalized spacial score (nSPS) is 21.7. The average molecular weight is 137 g/mol. The lowest BCUT2D eigenvalue weighted by molar-refractivity contribution is -0.419. The Labute approximate surface area is 59.6 Å². The summed E-state index contributed by atoms with van der Waals surface area (Å²) in [6.07, 6.45) is 7.24. The first-order valence-electron chi connectivity index (χ1n) is 3.11. The number of hydrogen-bond donors (Lipinski definition) is 0. The average Bonchev–Trinajstić information content (AvgIpc) is 2.14. The Kier molecular flexibility index (Phi) is 2.15. The molecular weight excluding hydrogens is 128 g/mol. The number of carbonyl (C=O) groups is 1. The molecule has 0 aliphatic heterocycles. The van der Waals surface area contributed by atoms with Gasteiger partial charge in [0.1, 0.15) is 0 Å². The summed E-state index contributed by atoms with van der Waals surface area (Å²) in [4.78, 5) is 10.7. The van der Waals surface area contributed by atoms with Crippen molar-refractivity contribution in [3.8, 4) is 0 Å². The van der Waals surface area contributed by atoms with Gasteiger partial charge in [-0.2, -0.15) is 0 Å². The molecule has 0 amide bonds.